The number of benzene rings is 1. The molecule has 1 aromatic carbocycles. The smallest absolute Gasteiger partial charge is 0.264 e. The van der Waals surface area contributed by atoms with Crippen molar-refractivity contribution in [3.8, 4) is 5.75 Å². The van der Waals surface area contributed by atoms with Gasteiger partial charge in [0.25, 0.3) is 5.91 Å². The molecule has 3 rings (SSSR count). The zero-order valence-corrected chi connectivity index (χ0v) is 9.91. The van der Waals surface area contributed by atoms with Gasteiger partial charge >= 0.3 is 0 Å². The van der Waals surface area contributed by atoms with Gasteiger partial charge in [0.05, 0.1) is 0 Å². The average Bonchev–Trinajstić information content (AvgIpc) is 2.80. The van der Waals surface area contributed by atoms with Crippen molar-refractivity contribution in [1.29, 1.82) is 0 Å². The highest BCUT2D eigenvalue weighted by Crippen LogP contribution is 2.27. The van der Waals surface area contributed by atoms with E-state index in [1.54, 1.807) is 6.20 Å². The Balaban J connectivity index is 1.79. The van der Waals surface area contributed by atoms with Gasteiger partial charge in [-0.25, -0.2) is 4.98 Å². The lowest BCUT2D eigenvalue weighted by molar-refractivity contribution is -0.140. The van der Waals surface area contributed by atoms with Crippen LogP contribution in [0.15, 0.2) is 42.7 Å². The van der Waals surface area contributed by atoms with E-state index in [0.29, 0.717) is 5.75 Å². The monoisotopic (exact) mass is 243 g/mol. The van der Waals surface area contributed by atoms with Gasteiger partial charge in [-0.3, -0.25) is 4.79 Å². The topological polar surface area (TPSA) is 56.2 Å². The Morgan fingerprint density at radius 3 is 2.72 bits per heavy atom. The molecule has 0 unspecified atom stereocenters. The Morgan fingerprint density at radius 1 is 1.33 bits per heavy atom. The number of amides is 1. The number of hydrogen-bond acceptors (Lipinski definition) is 3. The van der Waals surface area contributed by atoms with Crippen LogP contribution in [0.4, 0.5) is 0 Å². The third kappa shape index (κ3) is 1.73. The molecule has 1 N–H and O–H groups in total. The quantitative estimate of drug-likeness (QED) is 0.819. The largest absolute Gasteiger partial charge is 0.478 e. The second kappa shape index (κ2) is 4.18. The fraction of sp³-hybridized carbons (Fsp3) is 0.231. The van der Waals surface area contributed by atoms with Gasteiger partial charge in [0, 0.05) is 19.4 Å². The van der Waals surface area contributed by atoms with Crippen molar-refractivity contribution in [2.24, 2.45) is 7.05 Å². The molecule has 1 aliphatic rings. The Bertz CT molecular complexity index is 565. The molecule has 1 amide bonds. The summed E-state index contributed by atoms with van der Waals surface area (Å²) in [5, 5.41) is 2.81. The number of imidazole rings is 1. The minimum absolute atomic E-state index is 0.105. The molecular formula is C13H13N3O2. The summed E-state index contributed by atoms with van der Waals surface area (Å²) in [5.74, 6) is 1.39. The number of para-hydroxylation sites is 1. The normalized spacial score (nSPS) is 22.2. The molecule has 2 atom stereocenters. The maximum Gasteiger partial charge on any atom is 0.264 e. The van der Waals surface area contributed by atoms with E-state index in [1.807, 2.05) is 48.1 Å². The molecule has 1 aliphatic heterocycles. The summed E-state index contributed by atoms with van der Waals surface area (Å²) in [5.41, 5.74) is 0. The molecule has 2 heterocycles. The summed E-state index contributed by atoms with van der Waals surface area (Å²) in [7, 11) is 1.90. The Morgan fingerprint density at radius 2 is 2.11 bits per heavy atom. The van der Waals surface area contributed by atoms with Crippen molar-refractivity contribution in [1.82, 2.24) is 14.9 Å². The van der Waals surface area contributed by atoms with Gasteiger partial charge in [-0.05, 0) is 12.1 Å². The maximum atomic E-state index is 11.6. The first-order valence-electron chi connectivity index (χ1n) is 5.75. The van der Waals surface area contributed by atoms with E-state index in [9.17, 15) is 4.79 Å². The van der Waals surface area contributed by atoms with E-state index < -0.39 is 6.10 Å². The molecule has 5 heteroatoms. The fourth-order valence-electron chi connectivity index (χ4n) is 2.01. The van der Waals surface area contributed by atoms with Gasteiger partial charge in [-0.2, -0.15) is 0 Å². The van der Waals surface area contributed by atoms with Crippen LogP contribution in [-0.2, 0) is 11.8 Å². The van der Waals surface area contributed by atoms with Crippen LogP contribution in [0.25, 0.3) is 0 Å². The summed E-state index contributed by atoms with van der Waals surface area (Å²) >= 11 is 0. The lowest BCUT2D eigenvalue weighted by atomic mass is 10.0. The van der Waals surface area contributed by atoms with E-state index in [0.717, 1.165) is 5.82 Å². The van der Waals surface area contributed by atoms with Crippen molar-refractivity contribution in [3.05, 3.63) is 48.5 Å². The zero-order chi connectivity index (χ0) is 12.5. The minimum atomic E-state index is -0.506. The Kier molecular flexibility index (Phi) is 2.51. The third-order valence-corrected chi connectivity index (χ3v) is 3.00. The van der Waals surface area contributed by atoms with E-state index in [4.69, 9.17) is 4.74 Å². The number of ether oxygens (including phenoxy) is 1. The van der Waals surface area contributed by atoms with Crippen LogP contribution in [-0.4, -0.2) is 21.6 Å². The molecule has 2 aromatic rings. The molecule has 0 radical (unpaired) electrons. The van der Waals surface area contributed by atoms with Crippen LogP contribution in [0.2, 0.25) is 0 Å². The number of aryl methyl sites for hydroxylation is 1. The molecule has 18 heavy (non-hydrogen) atoms. The fourth-order valence-corrected chi connectivity index (χ4v) is 2.01. The van der Waals surface area contributed by atoms with E-state index in [2.05, 4.69) is 10.3 Å². The molecule has 1 saturated heterocycles. The molecule has 0 spiro atoms. The molecular weight excluding hydrogens is 230 g/mol. The minimum Gasteiger partial charge on any atom is -0.478 e. The maximum absolute atomic E-state index is 11.6. The second-order valence-corrected chi connectivity index (χ2v) is 4.23. The number of carbonyl (C=O) groups is 1. The number of rotatable bonds is 3. The summed E-state index contributed by atoms with van der Waals surface area (Å²) in [6.45, 7) is 0. The first-order valence-corrected chi connectivity index (χ1v) is 5.75. The molecule has 1 aromatic heterocycles. The molecule has 0 bridgehead atoms. The summed E-state index contributed by atoms with van der Waals surface area (Å²) in [6, 6.07) is 9.15. The summed E-state index contributed by atoms with van der Waals surface area (Å²) < 4.78 is 7.57. The predicted octanol–water partition coefficient (Wildman–Crippen LogP) is 1.04. The van der Waals surface area contributed by atoms with Gasteiger partial charge in [0.1, 0.15) is 17.6 Å². The van der Waals surface area contributed by atoms with E-state index in [1.165, 1.54) is 0 Å². The molecule has 1 fully saturated rings. The summed E-state index contributed by atoms with van der Waals surface area (Å²) in [4.78, 5) is 15.8. The van der Waals surface area contributed by atoms with Gasteiger partial charge in [-0.1, -0.05) is 18.2 Å². The van der Waals surface area contributed by atoms with Crippen LogP contribution in [0.1, 0.15) is 11.9 Å². The highest BCUT2D eigenvalue weighted by molar-refractivity contribution is 5.88. The lowest BCUT2D eigenvalue weighted by Gasteiger charge is -2.35. The average molecular weight is 243 g/mol. The first-order chi connectivity index (χ1) is 8.75. The van der Waals surface area contributed by atoms with Gasteiger partial charge in [0.2, 0.25) is 6.10 Å². The predicted molar refractivity (Wildman–Crippen MR) is 64.9 cm³/mol. The SMILES string of the molecule is Cn1ccnc1[C@@H]1NC(=O)[C@H]1Oc1ccccc1. The van der Waals surface area contributed by atoms with Crippen molar-refractivity contribution in [3.63, 3.8) is 0 Å². The third-order valence-electron chi connectivity index (χ3n) is 3.00. The molecule has 92 valence electrons. The zero-order valence-electron chi connectivity index (χ0n) is 9.91. The van der Waals surface area contributed by atoms with Gasteiger partial charge in [-0.15, -0.1) is 0 Å². The van der Waals surface area contributed by atoms with Crippen LogP contribution in [0.3, 0.4) is 0 Å². The van der Waals surface area contributed by atoms with Gasteiger partial charge in [0.15, 0.2) is 0 Å². The van der Waals surface area contributed by atoms with E-state index >= 15 is 0 Å². The Hall–Kier alpha value is -2.30. The molecule has 0 saturated carbocycles. The van der Waals surface area contributed by atoms with Gasteiger partial charge < -0.3 is 14.6 Å². The molecule has 0 aliphatic carbocycles. The van der Waals surface area contributed by atoms with Crippen molar-refractivity contribution >= 4 is 5.91 Å². The van der Waals surface area contributed by atoms with Crippen LogP contribution < -0.4 is 10.1 Å². The van der Waals surface area contributed by atoms with Crippen molar-refractivity contribution < 1.29 is 9.53 Å². The second-order valence-electron chi connectivity index (χ2n) is 4.23. The van der Waals surface area contributed by atoms with Crippen LogP contribution >= 0.6 is 0 Å². The molecule has 5 nitrogen and oxygen atoms in total. The van der Waals surface area contributed by atoms with Crippen LogP contribution in [0.5, 0.6) is 5.75 Å². The van der Waals surface area contributed by atoms with Crippen molar-refractivity contribution in [2.75, 3.05) is 0 Å². The summed E-state index contributed by atoms with van der Waals surface area (Å²) in [6.07, 6.45) is 3.05. The number of carbonyl (C=O) groups excluding carboxylic acids is 1. The Labute approximate surface area is 104 Å². The number of hydrogen-bond donors (Lipinski definition) is 1. The standard InChI is InChI=1S/C13H13N3O2/c1-16-8-7-14-12(16)10-11(13(17)15-10)18-9-5-3-2-4-6-9/h2-8,10-11H,1H3,(H,15,17)/t10-,11+/m1/s1. The highest BCUT2D eigenvalue weighted by Gasteiger charge is 2.44. The van der Waals surface area contributed by atoms with Crippen LogP contribution in [0, 0.1) is 0 Å². The highest BCUT2D eigenvalue weighted by atomic mass is 16.5. The number of nitrogens with zero attached hydrogens (tertiary/aromatic N) is 2. The van der Waals surface area contributed by atoms with Crippen molar-refractivity contribution in [2.45, 2.75) is 12.1 Å². The lowest BCUT2D eigenvalue weighted by Crippen LogP contribution is -2.59. The number of nitrogens with one attached hydrogen (secondary N) is 1. The van der Waals surface area contributed by atoms with E-state index in [-0.39, 0.29) is 11.9 Å². The number of β-lactam (4-membered cyclic amide) rings is 1. The first kappa shape index (κ1) is 10.8. The number of aromatic nitrogens is 2.